The Morgan fingerprint density at radius 2 is 1.92 bits per heavy atom. The summed E-state index contributed by atoms with van der Waals surface area (Å²) in [4.78, 5) is 23.6. The molecular weight excluding hydrogens is 463 g/mol. The first kappa shape index (κ1) is 21.0. The van der Waals surface area contributed by atoms with Crippen LogP contribution in [0.1, 0.15) is 26.3 Å². The first-order valence-electron chi connectivity index (χ1n) is 8.47. The Bertz CT molecular complexity index is 916. The number of aryl methyl sites for hydroxylation is 1. The zero-order chi connectivity index (χ0) is 19.9. The topological polar surface area (TPSA) is 74.4 Å². The summed E-state index contributed by atoms with van der Waals surface area (Å²) in [5.74, 6) is 0. The minimum Gasteiger partial charge on any atom is -0.415 e. The van der Waals surface area contributed by atoms with Crippen molar-refractivity contribution in [2.45, 2.75) is 52.4 Å². The normalized spacial score (nSPS) is 12.6. The highest BCUT2D eigenvalue weighted by Gasteiger charge is 2.37. The molecule has 1 aromatic carbocycles. The van der Waals surface area contributed by atoms with E-state index in [1.807, 2.05) is 22.6 Å². The van der Waals surface area contributed by atoms with E-state index in [4.69, 9.17) is 4.43 Å². The molecule has 0 spiro atoms. The van der Waals surface area contributed by atoms with Crippen LogP contribution in [0.2, 0.25) is 18.1 Å². The summed E-state index contributed by atoms with van der Waals surface area (Å²) >= 11 is 2.00. The molecule has 26 heavy (non-hydrogen) atoms. The summed E-state index contributed by atoms with van der Waals surface area (Å²) in [6.45, 7) is 13.5. The Morgan fingerprint density at radius 3 is 2.46 bits per heavy atom. The number of halogens is 1. The van der Waals surface area contributed by atoms with Crippen LogP contribution in [-0.2, 0) is 11.0 Å². The average molecular weight is 488 g/mol. The molecule has 0 bridgehead atoms. The van der Waals surface area contributed by atoms with Gasteiger partial charge in [0.15, 0.2) is 13.7 Å². The number of nitro groups is 1. The van der Waals surface area contributed by atoms with E-state index in [9.17, 15) is 14.9 Å². The maximum Gasteiger partial charge on any atom is 0.294 e. The quantitative estimate of drug-likeness (QED) is 0.261. The maximum atomic E-state index is 12.5. The Labute approximate surface area is 168 Å². The fraction of sp³-hybridized carbons (Fsp3) is 0.500. The molecule has 1 aromatic heterocycles. The second-order valence-corrected chi connectivity index (χ2v) is 14.1. The van der Waals surface area contributed by atoms with E-state index in [1.54, 1.807) is 23.8 Å². The molecule has 2 rings (SSSR count). The molecule has 0 aliphatic heterocycles. The van der Waals surface area contributed by atoms with Crippen molar-refractivity contribution >= 4 is 47.5 Å². The van der Waals surface area contributed by atoms with Gasteiger partial charge in [0.1, 0.15) is 5.52 Å². The number of hydrogen-bond donors (Lipinski definition) is 0. The van der Waals surface area contributed by atoms with Crippen LogP contribution in [0.15, 0.2) is 23.1 Å². The molecule has 0 unspecified atom stereocenters. The second kappa shape index (κ2) is 7.39. The van der Waals surface area contributed by atoms with Gasteiger partial charge < -0.3 is 8.99 Å². The molecule has 6 nitrogen and oxygen atoms in total. The van der Waals surface area contributed by atoms with Crippen molar-refractivity contribution in [3.63, 3.8) is 0 Å². The summed E-state index contributed by atoms with van der Waals surface area (Å²) in [6, 6.07) is 3.21. The van der Waals surface area contributed by atoms with Gasteiger partial charge in [-0.2, -0.15) is 0 Å². The van der Waals surface area contributed by atoms with Gasteiger partial charge in [-0.05, 0) is 53.7 Å². The van der Waals surface area contributed by atoms with Crippen molar-refractivity contribution in [1.82, 2.24) is 4.57 Å². The van der Waals surface area contributed by atoms with E-state index in [0.717, 1.165) is 0 Å². The monoisotopic (exact) mass is 488 g/mol. The third-order valence-corrected chi connectivity index (χ3v) is 10.3. The number of hydrogen-bond acceptors (Lipinski definition) is 4. The molecule has 2 aromatic rings. The molecule has 0 atom stereocenters. The zero-order valence-corrected chi connectivity index (χ0v) is 19.2. The highest BCUT2D eigenvalue weighted by molar-refractivity contribution is 14.1. The number of non-ortho nitro benzene ring substituents is 1. The van der Waals surface area contributed by atoms with Crippen LogP contribution in [0.3, 0.4) is 0 Å². The predicted molar refractivity (Wildman–Crippen MR) is 115 cm³/mol. The standard InChI is InChI=1S/C18H25IN2O4Si/c1-12-11-20(7-8-25-26(5,6)18(2,3)4)16-14(17(12)22)9-13(19)10-15(16)21(23)24/h9-11H,7-8H2,1-6H3. The fourth-order valence-electron chi connectivity index (χ4n) is 2.56. The summed E-state index contributed by atoms with van der Waals surface area (Å²) in [6.07, 6.45) is 1.69. The summed E-state index contributed by atoms with van der Waals surface area (Å²) < 4.78 is 8.67. The smallest absolute Gasteiger partial charge is 0.294 e. The highest BCUT2D eigenvalue weighted by Crippen LogP contribution is 2.36. The molecule has 0 saturated carbocycles. The van der Waals surface area contributed by atoms with Crippen molar-refractivity contribution in [3.8, 4) is 0 Å². The van der Waals surface area contributed by atoms with E-state index in [2.05, 4.69) is 33.9 Å². The number of aromatic nitrogens is 1. The van der Waals surface area contributed by atoms with Gasteiger partial charge in [0.25, 0.3) is 5.69 Å². The van der Waals surface area contributed by atoms with Crippen LogP contribution in [0.5, 0.6) is 0 Å². The molecule has 0 saturated heterocycles. The predicted octanol–water partition coefficient (Wildman–Crippen LogP) is 4.84. The molecule has 0 aliphatic rings. The number of rotatable bonds is 5. The Kier molecular flexibility index (Phi) is 5.98. The Morgan fingerprint density at radius 1 is 1.31 bits per heavy atom. The molecule has 1 heterocycles. The molecule has 0 N–H and O–H groups in total. The van der Waals surface area contributed by atoms with E-state index in [0.29, 0.717) is 33.2 Å². The van der Waals surface area contributed by atoms with Gasteiger partial charge in [-0.25, -0.2) is 0 Å². The number of pyridine rings is 1. The fourth-order valence-corrected chi connectivity index (χ4v) is 4.20. The van der Waals surface area contributed by atoms with Crippen LogP contribution in [0.4, 0.5) is 5.69 Å². The van der Waals surface area contributed by atoms with Gasteiger partial charge in [0, 0.05) is 27.9 Å². The van der Waals surface area contributed by atoms with Gasteiger partial charge in [-0.3, -0.25) is 14.9 Å². The minimum atomic E-state index is -1.91. The molecule has 0 fully saturated rings. The number of nitrogens with zero attached hydrogens (tertiary/aromatic N) is 2. The average Bonchev–Trinajstić information content (AvgIpc) is 2.49. The van der Waals surface area contributed by atoms with Crippen molar-refractivity contribution in [2.24, 2.45) is 0 Å². The van der Waals surface area contributed by atoms with Crippen LogP contribution < -0.4 is 5.43 Å². The van der Waals surface area contributed by atoms with Crippen molar-refractivity contribution in [1.29, 1.82) is 0 Å². The largest absolute Gasteiger partial charge is 0.415 e. The van der Waals surface area contributed by atoms with E-state index in [-0.39, 0.29) is 16.2 Å². The van der Waals surface area contributed by atoms with E-state index >= 15 is 0 Å². The van der Waals surface area contributed by atoms with Crippen molar-refractivity contribution in [2.75, 3.05) is 6.61 Å². The number of fused-ring (bicyclic) bond motifs is 1. The third-order valence-electron chi connectivity index (χ3n) is 5.09. The van der Waals surface area contributed by atoms with Gasteiger partial charge >= 0.3 is 0 Å². The lowest BCUT2D eigenvalue weighted by atomic mass is 10.1. The molecule has 142 valence electrons. The first-order chi connectivity index (χ1) is 11.8. The van der Waals surface area contributed by atoms with E-state index < -0.39 is 13.2 Å². The third kappa shape index (κ3) is 4.17. The van der Waals surface area contributed by atoms with Crippen LogP contribution in [-0.4, -0.2) is 24.4 Å². The summed E-state index contributed by atoms with van der Waals surface area (Å²) in [5.41, 5.74) is 0.727. The molecular formula is C18H25IN2O4Si. The number of nitro benzene ring substituents is 1. The second-order valence-electron chi connectivity index (χ2n) is 8.02. The van der Waals surface area contributed by atoms with Crippen molar-refractivity contribution < 1.29 is 9.35 Å². The van der Waals surface area contributed by atoms with Crippen molar-refractivity contribution in [3.05, 3.63) is 47.8 Å². The highest BCUT2D eigenvalue weighted by atomic mass is 127. The zero-order valence-electron chi connectivity index (χ0n) is 16.1. The van der Waals surface area contributed by atoms with Gasteiger partial charge in [0.2, 0.25) is 0 Å². The summed E-state index contributed by atoms with van der Waals surface area (Å²) in [7, 11) is -1.91. The lowest BCUT2D eigenvalue weighted by Crippen LogP contribution is -2.41. The summed E-state index contributed by atoms with van der Waals surface area (Å²) in [5, 5.41) is 12.0. The molecule has 0 radical (unpaired) electrons. The van der Waals surface area contributed by atoms with Crippen LogP contribution >= 0.6 is 22.6 Å². The van der Waals surface area contributed by atoms with Crippen LogP contribution in [0, 0.1) is 20.6 Å². The lowest BCUT2D eigenvalue weighted by molar-refractivity contribution is -0.383. The molecule has 0 amide bonds. The first-order valence-corrected chi connectivity index (χ1v) is 12.5. The SMILES string of the molecule is Cc1cn(CCO[Si](C)(C)C(C)(C)C)c2c([N+](=O)[O-])cc(I)cc2c1=O. The van der Waals surface area contributed by atoms with Crippen LogP contribution in [0.25, 0.3) is 10.9 Å². The number of benzene rings is 1. The van der Waals surface area contributed by atoms with Gasteiger partial charge in [-0.1, -0.05) is 20.8 Å². The van der Waals surface area contributed by atoms with Gasteiger partial charge in [-0.15, -0.1) is 0 Å². The lowest BCUT2D eigenvalue weighted by Gasteiger charge is -2.36. The minimum absolute atomic E-state index is 0.0451. The van der Waals surface area contributed by atoms with E-state index in [1.165, 1.54) is 6.07 Å². The van der Waals surface area contributed by atoms with Gasteiger partial charge in [0.05, 0.1) is 16.9 Å². The molecule has 0 aliphatic carbocycles. The Balaban J connectivity index is 2.49. The Hall–Kier alpha value is -1.26. The maximum absolute atomic E-state index is 12.5. The molecule has 8 heteroatoms.